The molecule has 2 aromatic heterocycles. The molecule has 1 aliphatic heterocycles. The van der Waals surface area contributed by atoms with Crippen molar-refractivity contribution in [3.63, 3.8) is 0 Å². The SMILES string of the molecule is Cc1ccc(-c2nc3ccc(C)cn3c2NCc2ccc3c(c2)OCO3)cc1. The van der Waals surface area contributed by atoms with Crippen LogP contribution >= 0.6 is 0 Å². The van der Waals surface area contributed by atoms with Crippen LogP contribution in [0.2, 0.25) is 0 Å². The van der Waals surface area contributed by atoms with E-state index in [-0.39, 0.29) is 6.79 Å². The topological polar surface area (TPSA) is 47.8 Å². The van der Waals surface area contributed by atoms with Crippen LogP contribution in [0.4, 0.5) is 5.82 Å². The highest BCUT2D eigenvalue weighted by Crippen LogP contribution is 2.34. The Kier molecular flexibility index (Phi) is 3.93. The maximum atomic E-state index is 5.50. The van der Waals surface area contributed by atoms with E-state index in [1.54, 1.807) is 0 Å². The molecule has 0 spiro atoms. The summed E-state index contributed by atoms with van der Waals surface area (Å²) in [7, 11) is 0. The summed E-state index contributed by atoms with van der Waals surface area (Å²) in [5.74, 6) is 2.58. The van der Waals surface area contributed by atoms with Gasteiger partial charge in [0.15, 0.2) is 11.5 Å². The molecule has 1 aliphatic rings. The first kappa shape index (κ1) is 16.7. The second-order valence-corrected chi connectivity index (χ2v) is 7.15. The van der Waals surface area contributed by atoms with Gasteiger partial charge in [0.25, 0.3) is 0 Å². The summed E-state index contributed by atoms with van der Waals surface area (Å²) in [6.45, 7) is 5.13. The zero-order valence-corrected chi connectivity index (χ0v) is 15.9. The van der Waals surface area contributed by atoms with Gasteiger partial charge in [-0.2, -0.15) is 0 Å². The summed E-state index contributed by atoms with van der Waals surface area (Å²) < 4.78 is 13.0. The minimum absolute atomic E-state index is 0.288. The lowest BCUT2D eigenvalue weighted by molar-refractivity contribution is 0.174. The number of fused-ring (bicyclic) bond motifs is 2. The lowest BCUT2D eigenvalue weighted by Crippen LogP contribution is -2.03. The molecule has 0 radical (unpaired) electrons. The van der Waals surface area contributed by atoms with Crippen molar-refractivity contribution in [3.05, 3.63) is 77.5 Å². The number of imidazole rings is 1. The Bertz CT molecular complexity index is 1160. The first-order valence-electron chi connectivity index (χ1n) is 9.35. The number of benzene rings is 2. The van der Waals surface area contributed by atoms with Crippen LogP contribution in [-0.4, -0.2) is 16.2 Å². The van der Waals surface area contributed by atoms with Crippen molar-refractivity contribution in [3.8, 4) is 22.8 Å². The van der Waals surface area contributed by atoms with Crippen LogP contribution in [-0.2, 0) is 6.54 Å². The average Bonchev–Trinajstić information content (AvgIpc) is 3.30. The minimum Gasteiger partial charge on any atom is -0.454 e. The maximum Gasteiger partial charge on any atom is 0.231 e. The molecule has 4 aromatic rings. The molecule has 5 rings (SSSR count). The molecule has 0 fully saturated rings. The molecule has 5 nitrogen and oxygen atoms in total. The third kappa shape index (κ3) is 2.95. The number of aromatic nitrogens is 2. The van der Waals surface area contributed by atoms with Gasteiger partial charge in [-0.05, 0) is 43.2 Å². The molecule has 0 amide bonds. The molecule has 5 heteroatoms. The zero-order valence-electron chi connectivity index (χ0n) is 15.9. The first-order valence-corrected chi connectivity index (χ1v) is 9.35. The van der Waals surface area contributed by atoms with Crippen molar-refractivity contribution >= 4 is 11.5 Å². The second kappa shape index (κ2) is 6.60. The molecular weight excluding hydrogens is 350 g/mol. The summed E-state index contributed by atoms with van der Waals surface area (Å²) in [5.41, 5.74) is 6.52. The normalized spacial score (nSPS) is 12.5. The Morgan fingerprint density at radius 1 is 0.929 bits per heavy atom. The van der Waals surface area contributed by atoms with Crippen molar-refractivity contribution < 1.29 is 9.47 Å². The Balaban J connectivity index is 1.54. The van der Waals surface area contributed by atoms with Gasteiger partial charge in [0.2, 0.25) is 6.79 Å². The third-order valence-electron chi connectivity index (χ3n) is 4.99. The van der Waals surface area contributed by atoms with Crippen molar-refractivity contribution in [2.24, 2.45) is 0 Å². The summed E-state index contributed by atoms with van der Waals surface area (Å²) >= 11 is 0. The maximum absolute atomic E-state index is 5.50. The van der Waals surface area contributed by atoms with Crippen molar-refractivity contribution in [2.75, 3.05) is 12.1 Å². The van der Waals surface area contributed by atoms with E-state index < -0.39 is 0 Å². The predicted octanol–water partition coefficient (Wildman–Crippen LogP) is 4.96. The lowest BCUT2D eigenvalue weighted by atomic mass is 10.1. The molecule has 140 valence electrons. The number of nitrogens with zero attached hydrogens (tertiary/aromatic N) is 2. The van der Waals surface area contributed by atoms with Gasteiger partial charge in [-0.25, -0.2) is 4.98 Å². The number of rotatable bonds is 4. The van der Waals surface area contributed by atoms with Crippen LogP contribution < -0.4 is 14.8 Å². The quantitative estimate of drug-likeness (QED) is 0.551. The van der Waals surface area contributed by atoms with Gasteiger partial charge in [-0.3, -0.25) is 4.40 Å². The smallest absolute Gasteiger partial charge is 0.231 e. The van der Waals surface area contributed by atoms with E-state index in [0.29, 0.717) is 6.54 Å². The minimum atomic E-state index is 0.288. The van der Waals surface area contributed by atoms with Crippen molar-refractivity contribution in [2.45, 2.75) is 20.4 Å². The Labute approximate surface area is 163 Å². The molecule has 0 aliphatic carbocycles. The number of pyridine rings is 1. The fourth-order valence-electron chi connectivity index (χ4n) is 3.47. The van der Waals surface area contributed by atoms with E-state index >= 15 is 0 Å². The van der Waals surface area contributed by atoms with Crippen LogP contribution in [0.15, 0.2) is 60.8 Å². The Hall–Kier alpha value is -3.47. The molecule has 2 aromatic carbocycles. The van der Waals surface area contributed by atoms with Crippen molar-refractivity contribution in [1.29, 1.82) is 0 Å². The Morgan fingerprint density at radius 2 is 1.71 bits per heavy atom. The van der Waals surface area contributed by atoms with Gasteiger partial charge in [-0.1, -0.05) is 42.0 Å². The molecule has 1 N–H and O–H groups in total. The molecule has 28 heavy (non-hydrogen) atoms. The molecule has 3 heterocycles. The van der Waals surface area contributed by atoms with E-state index in [2.05, 4.69) is 72.2 Å². The summed E-state index contributed by atoms with van der Waals surface area (Å²) in [5, 5.41) is 3.59. The Morgan fingerprint density at radius 3 is 2.57 bits per heavy atom. The van der Waals surface area contributed by atoms with Gasteiger partial charge < -0.3 is 14.8 Å². The van der Waals surface area contributed by atoms with Crippen LogP contribution in [0.25, 0.3) is 16.9 Å². The largest absolute Gasteiger partial charge is 0.454 e. The average molecular weight is 371 g/mol. The predicted molar refractivity (Wildman–Crippen MR) is 110 cm³/mol. The molecule has 0 unspecified atom stereocenters. The molecular formula is C23H21N3O2. The van der Waals surface area contributed by atoms with Crippen LogP contribution in [0.1, 0.15) is 16.7 Å². The van der Waals surface area contributed by atoms with Crippen LogP contribution in [0, 0.1) is 13.8 Å². The number of anilines is 1. The molecule has 0 saturated heterocycles. The van der Waals surface area contributed by atoms with E-state index in [0.717, 1.165) is 39.8 Å². The number of nitrogens with one attached hydrogen (secondary N) is 1. The highest BCUT2D eigenvalue weighted by molar-refractivity contribution is 5.76. The van der Waals surface area contributed by atoms with Gasteiger partial charge in [0, 0.05) is 18.3 Å². The van der Waals surface area contributed by atoms with Gasteiger partial charge in [-0.15, -0.1) is 0 Å². The fraction of sp³-hybridized carbons (Fsp3) is 0.174. The summed E-state index contributed by atoms with van der Waals surface area (Å²) in [4.78, 5) is 4.88. The lowest BCUT2D eigenvalue weighted by Gasteiger charge is -2.10. The van der Waals surface area contributed by atoms with Gasteiger partial charge >= 0.3 is 0 Å². The number of hydrogen-bond donors (Lipinski definition) is 1. The fourth-order valence-corrected chi connectivity index (χ4v) is 3.47. The van der Waals surface area contributed by atoms with E-state index in [9.17, 15) is 0 Å². The van der Waals surface area contributed by atoms with E-state index in [1.807, 2.05) is 12.1 Å². The van der Waals surface area contributed by atoms with Crippen LogP contribution in [0.3, 0.4) is 0 Å². The molecule has 0 bridgehead atoms. The summed E-state index contributed by atoms with van der Waals surface area (Å²) in [6, 6.07) is 18.7. The molecule has 0 atom stereocenters. The van der Waals surface area contributed by atoms with Gasteiger partial charge in [0.05, 0.1) is 0 Å². The number of ether oxygens (including phenoxy) is 2. The van der Waals surface area contributed by atoms with E-state index in [4.69, 9.17) is 14.5 Å². The van der Waals surface area contributed by atoms with Crippen LogP contribution in [0.5, 0.6) is 11.5 Å². The number of hydrogen-bond acceptors (Lipinski definition) is 4. The second-order valence-electron chi connectivity index (χ2n) is 7.15. The van der Waals surface area contributed by atoms with E-state index in [1.165, 1.54) is 11.1 Å². The molecule has 0 saturated carbocycles. The zero-order chi connectivity index (χ0) is 19.1. The summed E-state index contributed by atoms with van der Waals surface area (Å²) in [6.07, 6.45) is 2.11. The monoisotopic (exact) mass is 371 g/mol. The van der Waals surface area contributed by atoms with Gasteiger partial charge in [0.1, 0.15) is 17.2 Å². The number of aryl methyl sites for hydroxylation is 2. The first-order chi connectivity index (χ1) is 13.7. The highest BCUT2D eigenvalue weighted by Gasteiger charge is 2.16. The third-order valence-corrected chi connectivity index (χ3v) is 4.99. The highest BCUT2D eigenvalue weighted by atomic mass is 16.7. The van der Waals surface area contributed by atoms with Crippen molar-refractivity contribution in [1.82, 2.24) is 9.38 Å². The standard InChI is InChI=1S/C23H21N3O2/c1-15-3-7-18(8-4-15)22-23(26-13-16(2)5-10-21(26)25-22)24-12-17-6-9-19-20(11-17)28-14-27-19/h3-11,13,24H,12,14H2,1-2H3.